The summed E-state index contributed by atoms with van der Waals surface area (Å²) in [5.74, 6) is -0.207. The Bertz CT molecular complexity index is 1180. The SMILES string of the molecule is O=C(Cc1cccc2ccccc12)Nc1ccc(C(=O)NCCc2ccccc2)cc1. The zero-order valence-electron chi connectivity index (χ0n) is 17.2. The molecular weight excluding hydrogens is 384 g/mol. The van der Waals surface area contributed by atoms with Crippen LogP contribution in [0.25, 0.3) is 10.8 Å². The maximum absolute atomic E-state index is 12.5. The van der Waals surface area contributed by atoms with E-state index in [0.29, 0.717) is 24.2 Å². The van der Waals surface area contributed by atoms with Gasteiger partial charge in [-0.15, -0.1) is 0 Å². The first-order valence-corrected chi connectivity index (χ1v) is 10.4. The number of anilines is 1. The number of hydrogen-bond acceptors (Lipinski definition) is 2. The number of amides is 2. The fourth-order valence-electron chi connectivity index (χ4n) is 3.60. The molecule has 154 valence electrons. The van der Waals surface area contributed by atoms with Gasteiger partial charge in [-0.2, -0.15) is 0 Å². The van der Waals surface area contributed by atoms with Crippen molar-refractivity contribution in [1.29, 1.82) is 0 Å². The van der Waals surface area contributed by atoms with Crippen LogP contribution < -0.4 is 10.6 Å². The Morgan fingerprint density at radius 3 is 2.23 bits per heavy atom. The lowest BCUT2D eigenvalue weighted by molar-refractivity contribution is -0.115. The first kappa shape index (κ1) is 20.4. The predicted molar refractivity (Wildman–Crippen MR) is 125 cm³/mol. The number of nitrogens with one attached hydrogen (secondary N) is 2. The van der Waals surface area contributed by atoms with Crippen molar-refractivity contribution in [3.63, 3.8) is 0 Å². The van der Waals surface area contributed by atoms with Gasteiger partial charge in [0.05, 0.1) is 6.42 Å². The second-order valence-corrected chi connectivity index (χ2v) is 7.43. The molecule has 0 atom stereocenters. The molecule has 0 aliphatic rings. The molecule has 0 unspecified atom stereocenters. The molecule has 0 radical (unpaired) electrons. The fourth-order valence-corrected chi connectivity index (χ4v) is 3.60. The van der Waals surface area contributed by atoms with Gasteiger partial charge in [0.25, 0.3) is 5.91 Å². The van der Waals surface area contributed by atoms with Crippen LogP contribution in [0.4, 0.5) is 5.69 Å². The van der Waals surface area contributed by atoms with Crippen LogP contribution in [-0.4, -0.2) is 18.4 Å². The zero-order chi connectivity index (χ0) is 21.5. The van der Waals surface area contributed by atoms with Crippen LogP contribution in [0.2, 0.25) is 0 Å². The Morgan fingerprint density at radius 2 is 1.42 bits per heavy atom. The first-order valence-electron chi connectivity index (χ1n) is 10.4. The number of benzene rings is 4. The van der Waals surface area contributed by atoms with E-state index in [1.54, 1.807) is 24.3 Å². The van der Waals surface area contributed by atoms with Crippen molar-refractivity contribution in [3.05, 3.63) is 114 Å². The van der Waals surface area contributed by atoms with Crippen molar-refractivity contribution < 1.29 is 9.59 Å². The molecule has 0 aromatic heterocycles. The smallest absolute Gasteiger partial charge is 0.251 e. The minimum absolute atomic E-state index is 0.0867. The molecule has 4 aromatic carbocycles. The largest absolute Gasteiger partial charge is 0.352 e. The quantitative estimate of drug-likeness (QED) is 0.452. The molecule has 0 saturated heterocycles. The van der Waals surface area contributed by atoms with Gasteiger partial charge in [-0.05, 0) is 52.6 Å². The topological polar surface area (TPSA) is 58.2 Å². The second kappa shape index (κ2) is 9.72. The maximum atomic E-state index is 12.5. The van der Waals surface area contributed by atoms with Crippen molar-refractivity contribution in [2.24, 2.45) is 0 Å². The van der Waals surface area contributed by atoms with Gasteiger partial charge >= 0.3 is 0 Å². The third-order valence-electron chi connectivity index (χ3n) is 5.20. The number of carbonyl (C=O) groups is 2. The molecule has 0 fully saturated rings. The number of fused-ring (bicyclic) bond motifs is 1. The summed E-state index contributed by atoms with van der Waals surface area (Å²) in [6, 6.07) is 31.0. The molecular formula is C27H24N2O2. The molecule has 31 heavy (non-hydrogen) atoms. The van der Waals surface area contributed by atoms with Gasteiger partial charge in [0.2, 0.25) is 5.91 Å². The van der Waals surface area contributed by atoms with Gasteiger partial charge in [-0.1, -0.05) is 72.8 Å². The van der Waals surface area contributed by atoms with E-state index in [1.165, 1.54) is 5.56 Å². The first-order chi connectivity index (χ1) is 15.2. The van der Waals surface area contributed by atoms with E-state index in [4.69, 9.17) is 0 Å². The summed E-state index contributed by atoms with van der Waals surface area (Å²) in [4.78, 5) is 24.9. The van der Waals surface area contributed by atoms with Gasteiger partial charge in [0, 0.05) is 17.8 Å². The Morgan fingerprint density at radius 1 is 0.710 bits per heavy atom. The van der Waals surface area contributed by atoms with Crippen molar-refractivity contribution in [3.8, 4) is 0 Å². The van der Waals surface area contributed by atoms with Crippen LogP contribution in [0.5, 0.6) is 0 Å². The summed E-state index contributed by atoms with van der Waals surface area (Å²) >= 11 is 0. The van der Waals surface area contributed by atoms with Crippen LogP contribution in [0, 0.1) is 0 Å². The van der Waals surface area contributed by atoms with E-state index >= 15 is 0 Å². The molecule has 0 spiro atoms. The van der Waals surface area contributed by atoms with Gasteiger partial charge in [-0.3, -0.25) is 9.59 Å². The minimum Gasteiger partial charge on any atom is -0.352 e. The summed E-state index contributed by atoms with van der Waals surface area (Å²) in [5.41, 5.74) is 3.42. The minimum atomic E-state index is -0.121. The summed E-state index contributed by atoms with van der Waals surface area (Å²) in [6.45, 7) is 0.576. The molecule has 4 nitrogen and oxygen atoms in total. The van der Waals surface area contributed by atoms with E-state index < -0.39 is 0 Å². The van der Waals surface area contributed by atoms with Crippen LogP contribution in [0.15, 0.2) is 97.1 Å². The van der Waals surface area contributed by atoms with Crippen LogP contribution in [0.1, 0.15) is 21.5 Å². The van der Waals surface area contributed by atoms with Crippen molar-refractivity contribution in [1.82, 2.24) is 5.32 Å². The Kier molecular flexibility index (Phi) is 6.38. The highest BCUT2D eigenvalue weighted by atomic mass is 16.2. The van der Waals surface area contributed by atoms with E-state index in [2.05, 4.69) is 10.6 Å². The molecule has 4 heteroatoms. The highest BCUT2D eigenvalue weighted by molar-refractivity contribution is 5.97. The van der Waals surface area contributed by atoms with Crippen molar-refractivity contribution >= 4 is 28.3 Å². The highest BCUT2D eigenvalue weighted by Gasteiger charge is 2.09. The van der Waals surface area contributed by atoms with E-state index in [0.717, 1.165) is 22.8 Å². The van der Waals surface area contributed by atoms with Crippen molar-refractivity contribution in [2.45, 2.75) is 12.8 Å². The van der Waals surface area contributed by atoms with Gasteiger partial charge < -0.3 is 10.6 Å². The lowest BCUT2D eigenvalue weighted by atomic mass is 10.0. The van der Waals surface area contributed by atoms with Crippen LogP contribution >= 0.6 is 0 Å². The van der Waals surface area contributed by atoms with E-state index in [9.17, 15) is 9.59 Å². The monoisotopic (exact) mass is 408 g/mol. The van der Waals surface area contributed by atoms with E-state index in [-0.39, 0.29) is 11.8 Å². The molecule has 2 amide bonds. The zero-order valence-corrected chi connectivity index (χ0v) is 17.2. The summed E-state index contributed by atoms with van der Waals surface area (Å²) in [6.07, 6.45) is 1.08. The lowest BCUT2D eigenvalue weighted by Crippen LogP contribution is -2.25. The number of carbonyl (C=O) groups excluding carboxylic acids is 2. The fraction of sp³-hybridized carbons (Fsp3) is 0.111. The standard InChI is InChI=1S/C27H24N2O2/c30-26(19-23-11-6-10-21-9-4-5-12-25(21)23)29-24-15-13-22(14-16-24)27(31)28-18-17-20-7-2-1-3-8-20/h1-16H,17-19H2,(H,28,31)(H,29,30). The van der Waals surface area contributed by atoms with E-state index in [1.807, 2.05) is 72.8 Å². The Labute approximate surface area is 181 Å². The lowest BCUT2D eigenvalue weighted by Gasteiger charge is -2.09. The van der Waals surface area contributed by atoms with Gasteiger partial charge in [-0.25, -0.2) is 0 Å². The molecule has 0 bridgehead atoms. The average Bonchev–Trinajstić information content (AvgIpc) is 2.80. The third kappa shape index (κ3) is 5.37. The van der Waals surface area contributed by atoms with Crippen molar-refractivity contribution in [2.75, 3.05) is 11.9 Å². The summed E-state index contributed by atoms with van der Waals surface area (Å²) < 4.78 is 0. The molecule has 0 aliphatic heterocycles. The highest BCUT2D eigenvalue weighted by Crippen LogP contribution is 2.19. The molecule has 0 heterocycles. The Balaban J connectivity index is 1.31. The van der Waals surface area contributed by atoms with Gasteiger partial charge in [0.1, 0.15) is 0 Å². The van der Waals surface area contributed by atoms with Crippen LogP contribution in [-0.2, 0) is 17.6 Å². The molecule has 0 aliphatic carbocycles. The molecule has 0 saturated carbocycles. The Hall–Kier alpha value is -3.92. The molecule has 4 rings (SSSR count). The van der Waals surface area contributed by atoms with Crippen LogP contribution in [0.3, 0.4) is 0 Å². The molecule has 4 aromatic rings. The maximum Gasteiger partial charge on any atom is 0.251 e. The molecule has 2 N–H and O–H groups in total. The number of hydrogen-bond donors (Lipinski definition) is 2. The number of rotatable bonds is 7. The third-order valence-corrected chi connectivity index (χ3v) is 5.20. The normalized spacial score (nSPS) is 10.6. The summed E-state index contributed by atoms with van der Waals surface area (Å²) in [7, 11) is 0. The average molecular weight is 409 g/mol. The predicted octanol–water partition coefficient (Wildman–Crippen LogP) is 4.99. The second-order valence-electron chi connectivity index (χ2n) is 7.43. The van der Waals surface area contributed by atoms with Gasteiger partial charge in [0.15, 0.2) is 0 Å². The summed E-state index contributed by atoms with van der Waals surface area (Å²) in [5, 5.41) is 8.05.